The van der Waals surface area contributed by atoms with Gasteiger partial charge in [0.25, 0.3) is 0 Å². The van der Waals surface area contributed by atoms with Crippen molar-refractivity contribution in [2.24, 2.45) is 0 Å². The first-order chi connectivity index (χ1) is 9.66. The first-order valence-electron chi connectivity index (χ1n) is 5.95. The Labute approximate surface area is 118 Å². The monoisotopic (exact) mass is 309 g/mol. The summed E-state index contributed by atoms with van der Waals surface area (Å²) in [5.74, 6) is -1.35. The van der Waals surface area contributed by atoms with Gasteiger partial charge in [-0.05, 0) is 24.7 Å². The normalized spacial score (nSPS) is 14.9. The number of carbonyl (C=O) groups excluding carboxylic acids is 1. The van der Waals surface area contributed by atoms with E-state index in [-0.39, 0.29) is 5.56 Å². The first kappa shape index (κ1) is 17.4. The van der Waals surface area contributed by atoms with E-state index >= 15 is 0 Å². The van der Waals surface area contributed by atoms with E-state index in [1.165, 1.54) is 19.2 Å². The Morgan fingerprint density at radius 3 is 2.29 bits per heavy atom. The van der Waals surface area contributed by atoms with E-state index < -0.39 is 36.7 Å². The molecule has 0 saturated heterocycles. The Kier molecular flexibility index (Phi) is 5.68. The number of aliphatic hydroxyl groups excluding tert-OH is 1. The fourth-order valence-electron chi connectivity index (χ4n) is 1.81. The van der Waals surface area contributed by atoms with Crippen molar-refractivity contribution in [3.05, 3.63) is 35.6 Å². The highest BCUT2D eigenvalue weighted by Crippen LogP contribution is 2.25. The Hall–Kier alpha value is -1.67. The second-order valence-electron chi connectivity index (χ2n) is 4.47. The molecule has 0 radical (unpaired) electrons. The maximum atomic E-state index is 12.9. The molecule has 1 rings (SSSR count). The fourth-order valence-corrected chi connectivity index (χ4v) is 1.81. The molecule has 118 valence electrons. The standard InChI is InChI=1S/C13H15F4NO3/c1-18(7-10(19)13(15,16)17)11(12(20)21-2)8-3-5-9(14)6-4-8/h3-6,10-11,19H,7H2,1-2H3. The molecular weight excluding hydrogens is 294 g/mol. The van der Waals surface area contributed by atoms with Crippen LogP contribution in [0.25, 0.3) is 0 Å². The summed E-state index contributed by atoms with van der Waals surface area (Å²) in [4.78, 5) is 12.7. The van der Waals surface area contributed by atoms with E-state index in [0.717, 1.165) is 24.1 Å². The number of ether oxygens (including phenoxy) is 1. The number of benzene rings is 1. The molecule has 0 saturated carbocycles. The number of aliphatic hydroxyl groups is 1. The summed E-state index contributed by atoms with van der Waals surface area (Å²) in [6.45, 7) is -0.819. The molecule has 1 aromatic carbocycles. The van der Waals surface area contributed by atoms with Gasteiger partial charge in [0.05, 0.1) is 7.11 Å². The summed E-state index contributed by atoms with van der Waals surface area (Å²) in [5.41, 5.74) is 0.264. The molecule has 0 aliphatic carbocycles. The van der Waals surface area contributed by atoms with Gasteiger partial charge in [0.1, 0.15) is 11.9 Å². The molecule has 0 fully saturated rings. The molecule has 1 aromatic rings. The predicted octanol–water partition coefficient (Wildman–Crippen LogP) is 1.89. The zero-order valence-electron chi connectivity index (χ0n) is 11.4. The van der Waals surface area contributed by atoms with Gasteiger partial charge in [-0.2, -0.15) is 13.2 Å². The summed E-state index contributed by atoms with van der Waals surface area (Å²) in [5, 5.41) is 9.07. The third-order valence-corrected chi connectivity index (χ3v) is 2.89. The Balaban J connectivity index is 2.97. The number of rotatable bonds is 5. The molecule has 0 aromatic heterocycles. The highest BCUT2D eigenvalue weighted by molar-refractivity contribution is 5.77. The van der Waals surface area contributed by atoms with Gasteiger partial charge in [0.2, 0.25) is 0 Å². The summed E-state index contributed by atoms with van der Waals surface area (Å²) in [7, 11) is 2.33. The lowest BCUT2D eigenvalue weighted by Gasteiger charge is -2.28. The highest BCUT2D eigenvalue weighted by atomic mass is 19.4. The number of hydrogen-bond acceptors (Lipinski definition) is 4. The highest BCUT2D eigenvalue weighted by Gasteiger charge is 2.40. The number of likely N-dealkylation sites (N-methyl/N-ethyl adjacent to an activating group) is 1. The van der Waals surface area contributed by atoms with Gasteiger partial charge < -0.3 is 9.84 Å². The lowest BCUT2D eigenvalue weighted by molar-refractivity contribution is -0.209. The van der Waals surface area contributed by atoms with Crippen LogP contribution in [0, 0.1) is 5.82 Å². The fraction of sp³-hybridized carbons (Fsp3) is 0.462. The largest absolute Gasteiger partial charge is 0.468 e. The molecule has 0 spiro atoms. The van der Waals surface area contributed by atoms with Crippen LogP contribution in [0.2, 0.25) is 0 Å². The van der Waals surface area contributed by atoms with E-state index in [9.17, 15) is 22.4 Å². The van der Waals surface area contributed by atoms with Gasteiger partial charge in [0.15, 0.2) is 6.10 Å². The maximum absolute atomic E-state index is 12.9. The third kappa shape index (κ3) is 4.68. The predicted molar refractivity (Wildman–Crippen MR) is 65.8 cm³/mol. The van der Waals surface area contributed by atoms with Crippen LogP contribution in [0.5, 0.6) is 0 Å². The van der Waals surface area contributed by atoms with Crippen molar-refractivity contribution in [1.82, 2.24) is 4.90 Å². The van der Waals surface area contributed by atoms with E-state index in [2.05, 4.69) is 4.74 Å². The number of carbonyl (C=O) groups is 1. The van der Waals surface area contributed by atoms with E-state index in [4.69, 9.17) is 5.11 Å². The van der Waals surface area contributed by atoms with Crippen molar-refractivity contribution >= 4 is 5.97 Å². The number of halogens is 4. The summed E-state index contributed by atoms with van der Waals surface area (Å²) in [6, 6.07) is 3.53. The third-order valence-electron chi connectivity index (χ3n) is 2.89. The van der Waals surface area contributed by atoms with Gasteiger partial charge in [-0.1, -0.05) is 12.1 Å². The minimum absolute atomic E-state index is 0.264. The van der Waals surface area contributed by atoms with Gasteiger partial charge in [0, 0.05) is 6.54 Å². The van der Waals surface area contributed by atoms with Crippen molar-refractivity contribution in [1.29, 1.82) is 0 Å². The Bertz CT molecular complexity index is 475. The average molecular weight is 309 g/mol. The second kappa shape index (κ2) is 6.86. The number of alkyl halides is 3. The number of methoxy groups -OCH3 is 1. The molecule has 0 heterocycles. The van der Waals surface area contributed by atoms with Gasteiger partial charge in [-0.15, -0.1) is 0 Å². The van der Waals surface area contributed by atoms with Crippen LogP contribution in [-0.4, -0.2) is 49.0 Å². The summed E-state index contributed by atoms with van der Waals surface area (Å²) in [6.07, 6.45) is -7.40. The average Bonchev–Trinajstić information content (AvgIpc) is 2.39. The Morgan fingerprint density at radius 1 is 1.33 bits per heavy atom. The SMILES string of the molecule is COC(=O)C(c1ccc(F)cc1)N(C)CC(O)C(F)(F)F. The minimum Gasteiger partial charge on any atom is -0.468 e. The molecule has 0 aliphatic rings. The first-order valence-corrected chi connectivity index (χ1v) is 5.95. The zero-order chi connectivity index (χ0) is 16.2. The van der Waals surface area contributed by atoms with Crippen LogP contribution in [0.3, 0.4) is 0 Å². The maximum Gasteiger partial charge on any atom is 0.415 e. The molecule has 0 aliphatic heterocycles. The molecule has 2 atom stereocenters. The van der Waals surface area contributed by atoms with Crippen LogP contribution in [-0.2, 0) is 9.53 Å². The van der Waals surface area contributed by atoms with E-state index in [0.29, 0.717) is 0 Å². The Morgan fingerprint density at radius 2 is 1.86 bits per heavy atom. The van der Waals surface area contributed by atoms with Crippen LogP contribution in [0.15, 0.2) is 24.3 Å². The van der Waals surface area contributed by atoms with E-state index in [1.54, 1.807) is 0 Å². The molecule has 4 nitrogen and oxygen atoms in total. The van der Waals surface area contributed by atoms with Crippen molar-refractivity contribution in [2.75, 3.05) is 20.7 Å². The minimum atomic E-state index is -4.79. The lowest BCUT2D eigenvalue weighted by Crippen LogP contribution is -2.43. The quantitative estimate of drug-likeness (QED) is 0.667. The van der Waals surface area contributed by atoms with Crippen molar-refractivity contribution in [2.45, 2.75) is 18.3 Å². The van der Waals surface area contributed by atoms with Gasteiger partial charge in [-0.25, -0.2) is 9.18 Å². The zero-order valence-corrected chi connectivity index (χ0v) is 11.4. The van der Waals surface area contributed by atoms with Gasteiger partial charge in [-0.3, -0.25) is 4.90 Å². The summed E-state index contributed by atoms with van der Waals surface area (Å²) < 4.78 is 54.5. The molecule has 8 heteroatoms. The van der Waals surface area contributed by atoms with Crippen LogP contribution in [0.1, 0.15) is 11.6 Å². The molecule has 1 N–H and O–H groups in total. The molecule has 21 heavy (non-hydrogen) atoms. The van der Waals surface area contributed by atoms with Crippen LogP contribution in [0.4, 0.5) is 17.6 Å². The smallest absolute Gasteiger partial charge is 0.415 e. The van der Waals surface area contributed by atoms with Crippen LogP contribution >= 0.6 is 0 Å². The van der Waals surface area contributed by atoms with Gasteiger partial charge >= 0.3 is 12.1 Å². The topological polar surface area (TPSA) is 49.8 Å². The molecular formula is C13H15F4NO3. The molecule has 0 bridgehead atoms. The van der Waals surface area contributed by atoms with Crippen molar-refractivity contribution in [3.8, 4) is 0 Å². The lowest BCUT2D eigenvalue weighted by atomic mass is 10.1. The van der Waals surface area contributed by atoms with Crippen molar-refractivity contribution < 1.29 is 32.2 Å². The molecule has 0 amide bonds. The van der Waals surface area contributed by atoms with Crippen LogP contribution < -0.4 is 0 Å². The molecule has 2 unspecified atom stereocenters. The van der Waals surface area contributed by atoms with Crippen molar-refractivity contribution in [3.63, 3.8) is 0 Å². The second-order valence-corrected chi connectivity index (χ2v) is 4.47. The van der Waals surface area contributed by atoms with E-state index in [1.807, 2.05) is 0 Å². The number of hydrogen-bond donors (Lipinski definition) is 1. The summed E-state index contributed by atoms with van der Waals surface area (Å²) >= 11 is 0. The number of nitrogens with zero attached hydrogens (tertiary/aromatic N) is 1. The number of esters is 1.